The van der Waals surface area contributed by atoms with Crippen LogP contribution >= 0.6 is 0 Å². The summed E-state index contributed by atoms with van der Waals surface area (Å²) in [4.78, 5) is 25.5. The van der Waals surface area contributed by atoms with Crippen LogP contribution in [0.2, 0.25) is 0 Å². The van der Waals surface area contributed by atoms with E-state index in [0.29, 0.717) is 30.6 Å². The summed E-state index contributed by atoms with van der Waals surface area (Å²) in [6, 6.07) is 0. The smallest absolute Gasteiger partial charge is 0.343 e. The van der Waals surface area contributed by atoms with E-state index in [1.807, 2.05) is 13.8 Å². The number of benzene rings is 1. The van der Waals surface area contributed by atoms with Crippen molar-refractivity contribution in [2.75, 3.05) is 0 Å². The zero-order chi connectivity index (χ0) is 26.4. The molecule has 0 saturated heterocycles. The first-order chi connectivity index (χ1) is 16.5. The number of allylic oxidation sites excluding steroid dienone is 2. The first kappa shape index (κ1) is 28.0. The number of carbonyl (C=O) groups excluding carboxylic acids is 1. The highest BCUT2D eigenvalue weighted by Crippen LogP contribution is 2.50. The van der Waals surface area contributed by atoms with Crippen LogP contribution in [-0.2, 0) is 12.8 Å². The lowest BCUT2D eigenvalue weighted by Crippen LogP contribution is -2.18. The number of carbonyl (C=O) groups is 1. The van der Waals surface area contributed by atoms with Crippen molar-refractivity contribution in [3.8, 4) is 23.0 Å². The number of phenols is 3. The van der Waals surface area contributed by atoms with Gasteiger partial charge in [0.2, 0.25) is 0 Å². The summed E-state index contributed by atoms with van der Waals surface area (Å²) in [7, 11) is 0. The van der Waals surface area contributed by atoms with Gasteiger partial charge in [0, 0.05) is 29.0 Å². The van der Waals surface area contributed by atoms with Crippen LogP contribution in [0.4, 0.5) is 0 Å². The van der Waals surface area contributed by atoms with Crippen LogP contribution in [0.25, 0.3) is 0 Å². The molecule has 1 unspecified atom stereocenters. The van der Waals surface area contributed by atoms with E-state index in [1.54, 1.807) is 19.9 Å². The summed E-state index contributed by atoms with van der Waals surface area (Å²) in [5.41, 5.74) is 0.210. The molecule has 35 heavy (non-hydrogen) atoms. The van der Waals surface area contributed by atoms with Gasteiger partial charge in [0.25, 0.3) is 0 Å². The number of hydrogen-bond donors (Lipinski definition) is 4. The quantitative estimate of drug-likeness (QED) is 0.170. The lowest BCUT2D eigenvalue weighted by molar-refractivity contribution is 0.101. The standard InChI is InChI=1S/C28H38O7/c1-7-9-10-11-12-18(23-24(30)16(5)20(8-2)35-28(23)34)22-26(32)19(14-13-15(3)4)25(31)21(17(6)29)27(22)33/h13,18,30-33H,7-12,14H2,1-6H3. The van der Waals surface area contributed by atoms with Crippen LogP contribution in [0.15, 0.2) is 20.9 Å². The second-order valence-electron chi connectivity index (χ2n) is 9.31. The molecule has 7 heteroatoms. The van der Waals surface area contributed by atoms with Gasteiger partial charge in [0.05, 0.1) is 5.56 Å². The summed E-state index contributed by atoms with van der Waals surface area (Å²) >= 11 is 0. The second-order valence-corrected chi connectivity index (χ2v) is 9.31. The Kier molecular flexibility index (Phi) is 9.57. The zero-order valence-electron chi connectivity index (χ0n) is 21.6. The summed E-state index contributed by atoms with van der Waals surface area (Å²) in [5, 5.41) is 44.2. The molecule has 2 rings (SSSR count). The molecule has 0 radical (unpaired) electrons. The molecule has 1 atom stereocenters. The molecule has 7 nitrogen and oxygen atoms in total. The number of ketones is 1. The highest BCUT2D eigenvalue weighted by atomic mass is 16.4. The van der Waals surface area contributed by atoms with Crippen LogP contribution in [0.3, 0.4) is 0 Å². The van der Waals surface area contributed by atoms with Crippen LogP contribution in [0, 0.1) is 6.92 Å². The highest BCUT2D eigenvalue weighted by molar-refractivity contribution is 6.01. The van der Waals surface area contributed by atoms with Gasteiger partial charge in [0.15, 0.2) is 5.78 Å². The predicted molar refractivity (Wildman–Crippen MR) is 136 cm³/mol. The lowest BCUT2D eigenvalue weighted by Gasteiger charge is -2.24. The van der Waals surface area contributed by atoms with Crippen LogP contribution in [0.1, 0.15) is 111 Å². The number of Topliss-reactive ketones (excluding diaryl/α,β-unsaturated/α-hetero) is 1. The summed E-state index contributed by atoms with van der Waals surface area (Å²) in [6.45, 7) is 10.4. The van der Waals surface area contributed by atoms with E-state index in [4.69, 9.17) is 4.42 Å². The monoisotopic (exact) mass is 486 g/mol. The maximum absolute atomic E-state index is 13.1. The molecule has 0 fully saturated rings. The Labute approximate surface area is 206 Å². The number of aryl methyl sites for hydroxylation is 1. The molecular weight excluding hydrogens is 448 g/mol. The van der Waals surface area contributed by atoms with Gasteiger partial charge in [-0.3, -0.25) is 4.79 Å². The molecule has 0 bridgehead atoms. The topological polar surface area (TPSA) is 128 Å². The summed E-state index contributed by atoms with van der Waals surface area (Å²) in [6.07, 6.45) is 6.05. The van der Waals surface area contributed by atoms with E-state index >= 15 is 0 Å². The molecule has 0 saturated carbocycles. The first-order valence-electron chi connectivity index (χ1n) is 12.3. The van der Waals surface area contributed by atoms with Gasteiger partial charge in [-0.2, -0.15) is 0 Å². The lowest BCUT2D eigenvalue weighted by atomic mass is 9.82. The highest BCUT2D eigenvalue weighted by Gasteiger charge is 2.34. The Balaban J connectivity index is 2.92. The third-order valence-electron chi connectivity index (χ3n) is 6.45. The minimum Gasteiger partial charge on any atom is -0.507 e. The van der Waals surface area contributed by atoms with Crippen molar-refractivity contribution in [1.29, 1.82) is 0 Å². The summed E-state index contributed by atoms with van der Waals surface area (Å²) < 4.78 is 5.48. The molecule has 4 N–H and O–H groups in total. The maximum Gasteiger partial charge on any atom is 0.343 e. The minimum atomic E-state index is -0.947. The van der Waals surface area contributed by atoms with Gasteiger partial charge in [-0.25, -0.2) is 4.79 Å². The Morgan fingerprint density at radius 2 is 1.57 bits per heavy atom. The molecule has 1 heterocycles. The largest absolute Gasteiger partial charge is 0.507 e. The van der Waals surface area contributed by atoms with Gasteiger partial charge in [-0.15, -0.1) is 0 Å². The first-order valence-corrected chi connectivity index (χ1v) is 12.3. The molecule has 1 aromatic carbocycles. The number of unbranched alkanes of at least 4 members (excludes halogenated alkanes) is 3. The van der Waals surface area contributed by atoms with Gasteiger partial charge in [0.1, 0.15) is 34.3 Å². The van der Waals surface area contributed by atoms with E-state index in [-0.39, 0.29) is 34.4 Å². The van der Waals surface area contributed by atoms with Crippen molar-refractivity contribution in [2.24, 2.45) is 0 Å². The molecular formula is C28H38O7. The van der Waals surface area contributed by atoms with Crippen LogP contribution < -0.4 is 5.63 Å². The Morgan fingerprint density at radius 3 is 2.11 bits per heavy atom. The normalized spacial score (nSPS) is 11.9. The molecule has 1 aromatic heterocycles. The van der Waals surface area contributed by atoms with E-state index in [0.717, 1.165) is 24.8 Å². The number of hydrogen-bond acceptors (Lipinski definition) is 7. The van der Waals surface area contributed by atoms with Crippen molar-refractivity contribution < 1.29 is 29.6 Å². The molecule has 2 aromatic rings. The molecule has 0 amide bonds. The predicted octanol–water partition coefficient (Wildman–Crippen LogP) is 6.15. The fourth-order valence-corrected chi connectivity index (χ4v) is 4.47. The molecule has 0 spiro atoms. The van der Waals surface area contributed by atoms with Gasteiger partial charge in [-0.05, 0) is 40.5 Å². The van der Waals surface area contributed by atoms with Gasteiger partial charge >= 0.3 is 5.63 Å². The van der Waals surface area contributed by atoms with Crippen molar-refractivity contribution in [2.45, 2.75) is 92.4 Å². The van der Waals surface area contributed by atoms with E-state index in [9.17, 15) is 30.0 Å². The van der Waals surface area contributed by atoms with E-state index in [2.05, 4.69) is 6.92 Å². The summed E-state index contributed by atoms with van der Waals surface area (Å²) in [5.74, 6) is -2.92. The van der Waals surface area contributed by atoms with Crippen LogP contribution in [-0.4, -0.2) is 26.2 Å². The van der Waals surface area contributed by atoms with E-state index < -0.39 is 34.6 Å². The minimum absolute atomic E-state index is 0.0621. The van der Waals surface area contributed by atoms with Crippen molar-refractivity contribution in [3.05, 3.63) is 55.6 Å². The number of rotatable bonds is 11. The molecule has 0 aliphatic rings. The Morgan fingerprint density at radius 1 is 0.914 bits per heavy atom. The number of phenolic OH excluding ortho intramolecular Hbond substituents is 3. The van der Waals surface area contributed by atoms with Crippen molar-refractivity contribution in [3.63, 3.8) is 0 Å². The SMILES string of the molecule is CCCCCCC(c1c(O)c(CC=C(C)C)c(O)c(C(C)=O)c1O)c1c(O)c(C)c(CC)oc1=O. The third kappa shape index (κ3) is 5.89. The van der Waals surface area contributed by atoms with Gasteiger partial charge in [-0.1, -0.05) is 51.2 Å². The Hall–Kier alpha value is -3.22. The number of aromatic hydroxyl groups is 4. The molecule has 192 valence electrons. The fourth-order valence-electron chi connectivity index (χ4n) is 4.47. The molecule has 0 aliphatic heterocycles. The van der Waals surface area contributed by atoms with Crippen LogP contribution in [0.5, 0.6) is 23.0 Å². The second kappa shape index (κ2) is 12.0. The van der Waals surface area contributed by atoms with Crippen molar-refractivity contribution >= 4 is 5.78 Å². The maximum atomic E-state index is 13.1. The zero-order valence-corrected chi connectivity index (χ0v) is 21.6. The Bertz CT molecular complexity index is 1170. The molecule has 0 aliphatic carbocycles. The average molecular weight is 487 g/mol. The average Bonchev–Trinajstić information content (AvgIpc) is 2.78. The van der Waals surface area contributed by atoms with Crippen molar-refractivity contribution in [1.82, 2.24) is 0 Å². The fraction of sp³-hybridized carbons (Fsp3) is 0.500. The van der Waals surface area contributed by atoms with E-state index in [1.165, 1.54) is 6.92 Å². The van der Waals surface area contributed by atoms with Gasteiger partial charge < -0.3 is 24.8 Å². The third-order valence-corrected chi connectivity index (χ3v) is 6.45.